The average molecular weight is 238 g/mol. The molecule has 2 saturated carbocycles. The summed E-state index contributed by atoms with van der Waals surface area (Å²) in [4.78, 5) is 14.5. The normalized spacial score (nSPS) is 34.9. The first kappa shape index (κ1) is 12.9. The van der Waals surface area contributed by atoms with Crippen LogP contribution in [0.3, 0.4) is 0 Å². The van der Waals surface area contributed by atoms with Gasteiger partial charge in [0, 0.05) is 25.0 Å². The molecular weight excluding hydrogens is 212 g/mol. The molecule has 2 fully saturated rings. The minimum atomic E-state index is 0.171. The molecule has 17 heavy (non-hydrogen) atoms. The lowest BCUT2D eigenvalue weighted by molar-refractivity contribution is -0.139. The van der Waals surface area contributed by atoms with Crippen molar-refractivity contribution < 1.29 is 4.79 Å². The van der Waals surface area contributed by atoms with Gasteiger partial charge in [-0.2, -0.15) is 0 Å². The van der Waals surface area contributed by atoms with E-state index in [9.17, 15) is 4.79 Å². The summed E-state index contributed by atoms with van der Waals surface area (Å²) in [5.41, 5.74) is 6.09. The molecule has 2 aliphatic carbocycles. The fourth-order valence-electron chi connectivity index (χ4n) is 3.48. The molecule has 0 heterocycles. The zero-order valence-corrected chi connectivity index (χ0v) is 11.2. The summed E-state index contributed by atoms with van der Waals surface area (Å²) in [7, 11) is 1.99. The first-order valence-corrected chi connectivity index (χ1v) is 7.13. The third-order valence-electron chi connectivity index (χ3n) is 4.90. The predicted molar refractivity (Wildman–Crippen MR) is 69.5 cm³/mol. The van der Waals surface area contributed by atoms with E-state index in [1.54, 1.807) is 0 Å². The lowest BCUT2D eigenvalue weighted by Gasteiger charge is -2.37. The fraction of sp³-hybridized carbons (Fsp3) is 0.929. The summed E-state index contributed by atoms with van der Waals surface area (Å²) in [6.45, 7) is 2.15. The van der Waals surface area contributed by atoms with Gasteiger partial charge < -0.3 is 10.6 Å². The molecule has 2 aliphatic rings. The van der Waals surface area contributed by atoms with Crippen LogP contribution in [0.5, 0.6) is 0 Å². The van der Waals surface area contributed by atoms with Gasteiger partial charge in [0.1, 0.15) is 0 Å². The van der Waals surface area contributed by atoms with Gasteiger partial charge >= 0.3 is 0 Å². The summed E-state index contributed by atoms with van der Waals surface area (Å²) in [6.07, 6.45) is 8.16. The quantitative estimate of drug-likeness (QED) is 0.801. The summed E-state index contributed by atoms with van der Waals surface area (Å²) in [6, 6.07) is 0.711. The van der Waals surface area contributed by atoms with Crippen molar-refractivity contribution in [1.82, 2.24) is 4.90 Å². The predicted octanol–water partition coefficient (Wildman–Crippen LogP) is 2.15. The summed E-state index contributed by atoms with van der Waals surface area (Å²) in [5, 5.41) is 0. The van der Waals surface area contributed by atoms with Gasteiger partial charge in [-0.05, 0) is 31.6 Å². The lowest BCUT2D eigenvalue weighted by atomic mass is 9.76. The third kappa shape index (κ3) is 2.65. The lowest BCUT2D eigenvalue weighted by Crippen LogP contribution is -2.47. The van der Waals surface area contributed by atoms with Crippen molar-refractivity contribution in [3.8, 4) is 0 Å². The first-order valence-electron chi connectivity index (χ1n) is 7.13. The molecule has 1 amide bonds. The first-order chi connectivity index (χ1) is 8.11. The summed E-state index contributed by atoms with van der Waals surface area (Å²) < 4.78 is 0. The van der Waals surface area contributed by atoms with E-state index in [0.717, 1.165) is 19.3 Å². The van der Waals surface area contributed by atoms with E-state index < -0.39 is 0 Å². The van der Waals surface area contributed by atoms with E-state index in [1.165, 1.54) is 25.7 Å². The highest BCUT2D eigenvalue weighted by molar-refractivity contribution is 5.79. The Balaban J connectivity index is 1.97. The minimum Gasteiger partial charge on any atom is -0.343 e. The van der Waals surface area contributed by atoms with Crippen LogP contribution in [0.15, 0.2) is 0 Å². The number of nitrogens with zero attached hydrogens (tertiary/aromatic N) is 1. The van der Waals surface area contributed by atoms with Crippen molar-refractivity contribution in [2.45, 2.75) is 64.0 Å². The Hall–Kier alpha value is -0.570. The molecular formula is C14H26N2O. The SMILES string of the molecule is CC1C(N)CCCC1C(=O)N(C)C1CCCC1. The molecule has 3 heteroatoms. The molecule has 3 unspecified atom stereocenters. The number of hydrogen-bond donors (Lipinski definition) is 1. The highest BCUT2D eigenvalue weighted by atomic mass is 16.2. The Labute approximate surface area is 105 Å². The highest BCUT2D eigenvalue weighted by Gasteiger charge is 2.36. The van der Waals surface area contributed by atoms with Crippen LogP contribution >= 0.6 is 0 Å². The Morgan fingerprint density at radius 1 is 1.12 bits per heavy atom. The van der Waals surface area contributed by atoms with Crippen LogP contribution in [0.2, 0.25) is 0 Å². The maximum absolute atomic E-state index is 12.5. The van der Waals surface area contributed by atoms with Gasteiger partial charge in [0.15, 0.2) is 0 Å². The highest BCUT2D eigenvalue weighted by Crippen LogP contribution is 2.32. The number of rotatable bonds is 2. The van der Waals surface area contributed by atoms with Crippen LogP contribution in [0.4, 0.5) is 0 Å². The number of carbonyl (C=O) groups is 1. The van der Waals surface area contributed by atoms with E-state index in [2.05, 4.69) is 6.92 Å². The molecule has 0 aliphatic heterocycles. The van der Waals surface area contributed by atoms with Crippen molar-refractivity contribution in [2.75, 3.05) is 7.05 Å². The average Bonchev–Trinajstić information content (AvgIpc) is 2.84. The van der Waals surface area contributed by atoms with Crippen LogP contribution < -0.4 is 5.73 Å². The second-order valence-electron chi connectivity index (χ2n) is 5.95. The molecule has 2 N–H and O–H groups in total. The van der Waals surface area contributed by atoms with Crippen molar-refractivity contribution in [1.29, 1.82) is 0 Å². The zero-order chi connectivity index (χ0) is 12.4. The molecule has 0 aromatic heterocycles. The molecule has 0 aromatic rings. The van der Waals surface area contributed by atoms with E-state index in [1.807, 2.05) is 11.9 Å². The van der Waals surface area contributed by atoms with Gasteiger partial charge in [-0.1, -0.05) is 26.2 Å². The van der Waals surface area contributed by atoms with E-state index in [4.69, 9.17) is 5.73 Å². The van der Waals surface area contributed by atoms with Gasteiger partial charge in [0.05, 0.1) is 0 Å². The molecule has 2 rings (SSSR count). The second-order valence-corrected chi connectivity index (χ2v) is 5.95. The molecule has 0 spiro atoms. The molecule has 98 valence electrons. The van der Waals surface area contributed by atoms with Crippen LogP contribution in [-0.2, 0) is 4.79 Å². The molecule has 0 aromatic carbocycles. The maximum Gasteiger partial charge on any atom is 0.225 e. The number of amides is 1. The number of hydrogen-bond acceptors (Lipinski definition) is 2. The van der Waals surface area contributed by atoms with Gasteiger partial charge in [0.2, 0.25) is 5.91 Å². The second kappa shape index (κ2) is 5.38. The fourth-order valence-corrected chi connectivity index (χ4v) is 3.48. The molecule has 3 atom stereocenters. The topological polar surface area (TPSA) is 46.3 Å². The molecule has 0 bridgehead atoms. The van der Waals surface area contributed by atoms with E-state index in [-0.39, 0.29) is 12.0 Å². The third-order valence-corrected chi connectivity index (χ3v) is 4.90. The van der Waals surface area contributed by atoms with Crippen molar-refractivity contribution in [3.63, 3.8) is 0 Å². The van der Waals surface area contributed by atoms with Crippen LogP contribution in [-0.4, -0.2) is 29.9 Å². The number of nitrogens with two attached hydrogens (primary N) is 1. The standard InChI is InChI=1S/C14H26N2O/c1-10-12(8-5-9-13(10)15)14(17)16(2)11-6-3-4-7-11/h10-13H,3-9,15H2,1-2H3. The van der Waals surface area contributed by atoms with Gasteiger partial charge in [-0.25, -0.2) is 0 Å². The van der Waals surface area contributed by atoms with Crippen molar-refractivity contribution in [3.05, 3.63) is 0 Å². The molecule has 3 nitrogen and oxygen atoms in total. The van der Waals surface area contributed by atoms with Crippen molar-refractivity contribution in [2.24, 2.45) is 17.6 Å². The van der Waals surface area contributed by atoms with Crippen LogP contribution in [0.1, 0.15) is 51.9 Å². The molecule has 0 saturated heterocycles. The minimum absolute atomic E-state index is 0.171. The molecule has 0 radical (unpaired) electrons. The summed E-state index contributed by atoms with van der Waals surface area (Å²) in [5.74, 6) is 0.865. The largest absolute Gasteiger partial charge is 0.343 e. The Bertz CT molecular complexity index is 273. The Morgan fingerprint density at radius 3 is 2.41 bits per heavy atom. The maximum atomic E-state index is 12.5. The van der Waals surface area contributed by atoms with E-state index in [0.29, 0.717) is 17.9 Å². The Morgan fingerprint density at radius 2 is 1.76 bits per heavy atom. The smallest absolute Gasteiger partial charge is 0.225 e. The van der Waals surface area contributed by atoms with Crippen LogP contribution in [0.25, 0.3) is 0 Å². The Kier molecular flexibility index (Phi) is 4.08. The zero-order valence-electron chi connectivity index (χ0n) is 11.2. The van der Waals surface area contributed by atoms with Gasteiger partial charge in [-0.3, -0.25) is 4.79 Å². The number of carbonyl (C=O) groups excluding carboxylic acids is 1. The van der Waals surface area contributed by atoms with Crippen LogP contribution in [0, 0.1) is 11.8 Å². The van der Waals surface area contributed by atoms with Gasteiger partial charge in [0.25, 0.3) is 0 Å². The van der Waals surface area contributed by atoms with Crippen molar-refractivity contribution >= 4 is 5.91 Å². The summed E-state index contributed by atoms with van der Waals surface area (Å²) >= 11 is 0. The van der Waals surface area contributed by atoms with Gasteiger partial charge in [-0.15, -0.1) is 0 Å². The monoisotopic (exact) mass is 238 g/mol. The van der Waals surface area contributed by atoms with E-state index >= 15 is 0 Å².